The van der Waals surface area contributed by atoms with Crippen LogP contribution in [0.4, 0.5) is 26.4 Å². The normalized spacial score (nSPS) is 10.4. The van der Waals surface area contributed by atoms with Crippen molar-refractivity contribution < 1.29 is 13.5 Å². The zero-order valence-corrected chi connectivity index (χ0v) is 10.9. The Morgan fingerprint density at radius 1 is 1.20 bits per heavy atom. The van der Waals surface area contributed by atoms with Crippen LogP contribution in [0.15, 0.2) is 12.1 Å². The van der Waals surface area contributed by atoms with E-state index in [2.05, 4.69) is 20.3 Å². The number of nitrogens with two attached hydrogens (primary N) is 1. The van der Waals surface area contributed by atoms with E-state index >= 15 is 0 Å². The molecule has 3 N–H and O–H groups in total. The maximum atomic E-state index is 13.7. The number of rotatable bonds is 4. The van der Waals surface area contributed by atoms with Crippen molar-refractivity contribution >= 4 is 17.6 Å². The average molecular weight is 281 g/mol. The van der Waals surface area contributed by atoms with Crippen molar-refractivity contribution in [3.63, 3.8) is 0 Å². The quantitative estimate of drug-likeness (QED) is 0.893. The van der Waals surface area contributed by atoms with Gasteiger partial charge in [0.25, 0.3) is 0 Å². The third-order valence-corrected chi connectivity index (χ3v) is 2.40. The summed E-state index contributed by atoms with van der Waals surface area (Å²) in [6, 6.07) is 2.10. The first-order valence-corrected chi connectivity index (χ1v) is 5.86. The third-order valence-electron chi connectivity index (χ3n) is 2.40. The minimum absolute atomic E-state index is 0.00971. The van der Waals surface area contributed by atoms with Crippen molar-refractivity contribution in [3.05, 3.63) is 29.3 Å². The molecule has 0 spiro atoms. The van der Waals surface area contributed by atoms with Gasteiger partial charge in [0.15, 0.2) is 0 Å². The number of benzene rings is 1. The van der Waals surface area contributed by atoms with Gasteiger partial charge in [0.2, 0.25) is 11.9 Å². The van der Waals surface area contributed by atoms with Crippen LogP contribution in [-0.4, -0.2) is 21.6 Å². The fraction of sp³-hybridized carbons (Fsp3) is 0.250. The molecule has 20 heavy (non-hydrogen) atoms. The van der Waals surface area contributed by atoms with Crippen LogP contribution >= 0.6 is 0 Å². The van der Waals surface area contributed by atoms with Gasteiger partial charge in [-0.25, -0.2) is 8.78 Å². The minimum Gasteiger partial charge on any atom is -0.464 e. The van der Waals surface area contributed by atoms with Gasteiger partial charge in [-0.2, -0.15) is 15.0 Å². The zero-order valence-electron chi connectivity index (χ0n) is 10.9. The Labute approximate surface area is 114 Å². The molecular formula is C12H13F2N5O. The van der Waals surface area contributed by atoms with Crippen LogP contribution in [0.3, 0.4) is 0 Å². The van der Waals surface area contributed by atoms with Gasteiger partial charge in [-0.3, -0.25) is 0 Å². The van der Waals surface area contributed by atoms with E-state index in [1.54, 1.807) is 6.92 Å². The van der Waals surface area contributed by atoms with Gasteiger partial charge in [0, 0.05) is 6.07 Å². The highest BCUT2D eigenvalue weighted by molar-refractivity contribution is 5.55. The lowest BCUT2D eigenvalue weighted by Gasteiger charge is -2.09. The van der Waals surface area contributed by atoms with Crippen molar-refractivity contribution in [1.82, 2.24) is 15.0 Å². The average Bonchev–Trinajstić information content (AvgIpc) is 2.35. The predicted octanol–water partition coefficient (Wildman–Crippen LogP) is 2.18. The highest BCUT2D eigenvalue weighted by Gasteiger charge is 2.11. The molecule has 0 aliphatic heterocycles. The monoisotopic (exact) mass is 281 g/mol. The first-order chi connectivity index (χ1) is 9.49. The second kappa shape index (κ2) is 5.64. The predicted molar refractivity (Wildman–Crippen MR) is 69.8 cm³/mol. The molecule has 0 amide bonds. The van der Waals surface area contributed by atoms with E-state index < -0.39 is 11.6 Å². The number of halogens is 2. The van der Waals surface area contributed by atoms with Gasteiger partial charge in [-0.15, -0.1) is 0 Å². The SMILES string of the molecule is CCOc1nc(N)nc(Nc2cc(F)c(C)cc2F)n1. The van der Waals surface area contributed by atoms with Crippen LogP contribution in [0, 0.1) is 18.6 Å². The molecule has 0 bridgehead atoms. The first kappa shape index (κ1) is 13.9. The van der Waals surface area contributed by atoms with Gasteiger partial charge in [-0.05, 0) is 25.5 Å². The summed E-state index contributed by atoms with van der Waals surface area (Å²) in [5, 5.41) is 2.54. The summed E-state index contributed by atoms with van der Waals surface area (Å²) in [4.78, 5) is 11.4. The number of aromatic nitrogens is 3. The van der Waals surface area contributed by atoms with Crippen molar-refractivity contribution in [3.8, 4) is 6.01 Å². The van der Waals surface area contributed by atoms with Crippen LogP contribution in [0.2, 0.25) is 0 Å². The van der Waals surface area contributed by atoms with Crippen molar-refractivity contribution in [2.24, 2.45) is 0 Å². The summed E-state index contributed by atoms with van der Waals surface area (Å²) in [6.07, 6.45) is 0. The summed E-state index contributed by atoms with van der Waals surface area (Å²) in [5.41, 5.74) is 5.60. The molecule has 8 heteroatoms. The Balaban J connectivity index is 2.32. The number of anilines is 3. The summed E-state index contributed by atoms with van der Waals surface area (Å²) in [7, 11) is 0. The van der Waals surface area contributed by atoms with Crippen molar-refractivity contribution in [1.29, 1.82) is 0 Å². The van der Waals surface area contributed by atoms with E-state index in [9.17, 15) is 8.78 Å². The summed E-state index contributed by atoms with van der Waals surface area (Å²) in [5.74, 6) is -1.27. The van der Waals surface area contributed by atoms with Crippen molar-refractivity contribution in [2.45, 2.75) is 13.8 Å². The summed E-state index contributed by atoms with van der Waals surface area (Å²) < 4.78 is 32.2. The number of nitrogen functional groups attached to an aromatic ring is 1. The molecule has 2 rings (SSSR count). The lowest BCUT2D eigenvalue weighted by atomic mass is 10.2. The molecule has 0 radical (unpaired) electrons. The maximum Gasteiger partial charge on any atom is 0.323 e. The molecule has 0 aliphatic rings. The number of hydrogen-bond donors (Lipinski definition) is 2. The summed E-state index contributed by atoms with van der Waals surface area (Å²) in [6.45, 7) is 3.56. The fourth-order valence-electron chi connectivity index (χ4n) is 1.48. The number of nitrogens with zero attached hydrogens (tertiary/aromatic N) is 3. The largest absolute Gasteiger partial charge is 0.464 e. The highest BCUT2D eigenvalue weighted by Crippen LogP contribution is 2.22. The highest BCUT2D eigenvalue weighted by atomic mass is 19.1. The van der Waals surface area contributed by atoms with E-state index in [-0.39, 0.29) is 29.2 Å². The topological polar surface area (TPSA) is 86.0 Å². The number of aryl methyl sites for hydroxylation is 1. The smallest absolute Gasteiger partial charge is 0.323 e. The minimum atomic E-state index is -0.624. The Morgan fingerprint density at radius 2 is 1.95 bits per heavy atom. The Kier molecular flexibility index (Phi) is 3.92. The van der Waals surface area contributed by atoms with Crippen LogP contribution < -0.4 is 15.8 Å². The van der Waals surface area contributed by atoms with E-state index in [0.717, 1.165) is 12.1 Å². The molecule has 0 aliphatic carbocycles. The standard InChI is InChI=1S/C12H13F2N5O/c1-3-20-12-18-10(15)17-11(19-12)16-9-5-7(13)6(2)4-8(9)14/h4-5H,3H2,1-2H3,(H3,15,16,17,18,19). The lowest BCUT2D eigenvalue weighted by molar-refractivity contribution is 0.312. The number of ether oxygens (including phenoxy) is 1. The molecule has 0 saturated heterocycles. The molecule has 1 aromatic heterocycles. The molecule has 1 aromatic carbocycles. The van der Waals surface area contributed by atoms with Gasteiger partial charge < -0.3 is 15.8 Å². The van der Waals surface area contributed by atoms with E-state index in [4.69, 9.17) is 10.5 Å². The second-order valence-electron chi connectivity index (χ2n) is 3.94. The Bertz CT molecular complexity index is 635. The van der Waals surface area contributed by atoms with Gasteiger partial charge in [0.05, 0.1) is 12.3 Å². The third kappa shape index (κ3) is 3.08. The first-order valence-electron chi connectivity index (χ1n) is 5.86. The van der Waals surface area contributed by atoms with Gasteiger partial charge in [0.1, 0.15) is 11.6 Å². The van der Waals surface area contributed by atoms with Crippen LogP contribution in [0.1, 0.15) is 12.5 Å². The maximum absolute atomic E-state index is 13.7. The van der Waals surface area contributed by atoms with Gasteiger partial charge in [-0.1, -0.05) is 0 Å². The molecule has 106 valence electrons. The van der Waals surface area contributed by atoms with E-state index in [1.165, 1.54) is 6.92 Å². The summed E-state index contributed by atoms with van der Waals surface area (Å²) >= 11 is 0. The zero-order chi connectivity index (χ0) is 14.7. The second-order valence-corrected chi connectivity index (χ2v) is 3.94. The van der Waals surface area contributed by atoms with Crippen LogP contribution in [-0.2, 0) is 0 Å². The van der Waals surface area contributed by atoms with Gasteiger partial charge >= 0.3 is 6.01 Å². The van der Waals surface area contributed by atoms with Crippen molar-refractivity contribution in [2.75, 3.05) is 17.7 Å². The van der Waals surface area contributed by atoms with Crippen LogP contribution in [0.25, 0.3) is 0 Å². The fourth-order valence-corrected chi connectivity index (χ4v) is 1.48. The molecule has 0 unspecified atom stereocenters. The number of hydrogen-bond acceptors (Lipinski definition) is 6. The molecule has 0 atom stereocenters. The van der Waals surface area contributed by atoms with Crippen LogP contribution in [0.5, 0.6) is 6.01 Å². The lowest BCUT2D eigenvalue weighted by Crippen LogP contribution is -2.07. The molecular weight excluding hydrogens is 268 g/mol. The molecule has 0 fully saturated rings. The van der Waals surface area contributed by atoms with E-state index in [0.29, 0.717) is 6.61 Å². The van der Waals surface area contributed by atoms with E-state index in [1.807, 2.05) is 0 Å². The Morgan fingerprint density at radius 3 is 2.65 bits per heavy atom. The molecule has 2 aromatic rings. The Hall–Kier alpha value is -2.51. The molecule has 0 saturated carbocycles. The molecule has 6 nitrogen and oxygen atoms in total. The molecule has 1 heterocycles. The number of nitrogens with one attached hydrogen (secondary N) is 1.